The van der Waals surface area contributed by atoms with Gasteiger partial charge in [0, 0.05) is 43.9 Å². The second-order valence-electron chi connectivity index (χ2n) is 8.77. The topological polar surface area (TPSA) is 49.9 Å². The molecule has 1 aromatic rings. The van der Waals surface area contributed by atoms with Crippen LogP contribution in [0.3, 0.4) is 0 Å². The quantitative estimate of drug-likeness (QED) is 0.816. The number of fused-ring (bicyclic) bond motifs is 1. The van der Waals surface area contributed by atoms with Crippen LogP contribution in [0, 0.1) is 29.0 Å². The maximum Gasteiger partial charge on any atom is 0.226 e. The van der Waals surface area contributed by atoms with Gasteiger partial charge in [-0.3, -0.25) is 9.59 Å². The van der Waals surface area contributed by atoms with Crippen molar-refractivity contribution in [1.29, 1.82) is 0 Å². The molecule has 3 heterocycles. The molecule has 0 aromatic heterocycles. The summed E-state index contributed by atoms with van der Waals surface area (Å²) in [5, 5.41) is 0. The first-order valence-corrected chi connectivity index (χ1v) is 9.93. The van der Waals surface area contributed by atoms with Crippen LogP contribution in [0.1, 0.15) is 24.8 Å². The van der Waals surface area contributed by atoms with Gasteiger partial charge in [0.1, 0.15) is 5.82 Å². The van der Waals surface area contributed by atoms with Gasteiger partial charge in [0.25, 0.3) is 0 Å². The number of halogens is 1. The van der Waals surface area contributed by atoms with Crippen LogP contribution in [0.25, 0.3) is 0 Å². The third kappa shape index (κ3) is 3.04. The van der Waals surface area contributed by atoms with Crippen LogP contribution in [-0.2, 0) is 20.9 Å². The molecule has 3 atom stereocenters. The fourth-order valence-electron chi connectivity index (χ4n) is 5.33. The van der Waals surface area contributed by atoms with E-state index >= 15 is 0 Å². The molecule has 5 rings (SSSR count). The number of benzene rings is 1. The predicted molar refractivity (Wildman–Crippen MR) is 96.0 cm³/mol. The highest BCUT2D eigenvalue weighted by atomic mass is 19.1. The molecule has 4 fully saturated rings. The average Bonchev–Trinajstić information content (AvgIpc) is 2.96. The molecule has 0 N–H and O–H groups in total. The van der Waals surface area contributed by atoms with E-state index in [1.807, 2.05) is 15.9 Å². The van der Waals surface area contributed by atoms with Gasteiger partial charge >= 0.3 is 0 Å². The van der Waals surface area contributed by atoms with Crippen LogP contribution in [0.4, 0.5) is 4.39 Å². The first kappa shape index (κ1) is 17.2. The van der Waals surface area contributed by atoms with Crippen molar-refractivity contribution < 1.29 is 18.7 Å². The molecule has 1 spiro atoms. The fourth-order valence-corrected chi connectivity index (χ4v) is 5.33. The first-order chi connectivity index (χ1) is 13.0. The summed E-state index contributed by atoms with van der Waals surface area (Å²) in [6, 6.07) is 6.46. The van der Waals surface area contributed by atoms with Gasteiger partial charge in [-0.1, -0.05) is 12.1 Å². The highest BCUT2D eigenvalue weighted by Gasteiger charge is 2.59. The summed E-state index contributed by atoms with van der Waals surface area (Å²) in [5.41, 5.74) is 0.805. The third-order valence-electron chi connectivity index (χ3n) is 7.04. The fraction of sp³-hybridized carbons (Fsp3) is 0.619. The van der Waals surface area contributed by atoms with Gasteiger partial charge in [-0.15, -0.1) is 0 Å². The van der Waals surface area contributed by atoms with Gasteiger partial charge in [-0.05, 0) is 42.4 Å². The highest BCUT2D eigenvalue weighted by Crippen LogP contribution is 2.52. The van der Waals surface area contributed by atoms with Gasteiger partial charge in [0.15, 0.2) is 0 Å². The Morgan fingerprint density at radius 2 is 1.96 bits per heavy atom. The standard InChI is InChI=1S/C21H25FN2O3/c22-15-3-1-2-14(8-15)10-24-13-21(9-18(24)25)4-6-23(7-5-21)20(26)19-16-11-27-12-17(16)19/h1-3,8,16-17,19H,4-7,9-13H2/t16-,17+,19?. The zero-order valence-electron chi connectivity index (χ0n) is 15.4. The predicted octanol–water partition coefficient (Wildman–Crippen LogP) is 2.06. The summed E-state index contributed by atoms with van der Waals surface area (Å²) in [4.78, 5) is 29.1. The van der Waals surface area contributed by atoms with Crippen molar-refractivity contribution in [2.45, 2.75) is 25.8 Å². The van der Waals surface area contributed by atoms with Crippen molar-refractivity contribution in [3.63, 3.8) is 0 Å². The molecule has 1 unspecified atom stereocenters. The maximum atomic E-state index is 13.4. The van der Waals surface area contributed by atoms with E-state index in [1.165, 1.54) is 12.1 Å². The van der Waals surface area contributed by atoms with Crippen molar-refractivity contribution in [2.75, 3.05) is 32.8 Å². The van der Waals surface area contributed by atoms with E-state index in [1.54, 1.807) is 6.07 Å². The molecule has 6 heteroatoms. The zero-order chi connectivity index (χ0) is 18.6. The number of piperidine rings is 1. The normalized spacial score (nSPS) is 31.4. The van der Waals surface area contributed by atoms with E-state index in [9.17, 15) is 14.0 Å². The van der Waals surface area contributed by atoms with Gasteiger partial charge in [-0.2, -0.15) is 0 Å². The number of nitrogens with zero attached hydrogens (tertiary/aromatic N) is 2. The van der Waals surface area contributed by atoms with Crippen LogP contribution in [0.15, 0.2) is 24.3 Å². The minimum absolute atomic E-state index is 0.0241. The minimum atomic E-state index is -0.268. The second kappa shape index (κ2) is 6.30. The van der Waals surface area contributed by atoms with E-state index < -0.39 is 0 Å². The Morgan fingerprint density at radius 3 is 2.67 bits per heavy atom. The highest BCUT2D eigenvalue weighted by molar-refractivity contribution is 5.83. The molecular formula is C21H25FN2O3. The van der Waals surface area contributed by atoms with E-state index in [4.69, 9.17) is 4.74 Å². The van der Waals surface area contributed by atoms with E-state index in [2.05, 4.69) is 0 Å². The Balaban J connectivity index is 1.19. The Bertz CT molecular complexity index is 764. The molecule has 1 aliphatic carbocycles. The molecular weight excluding hydrogens is 347 g/mol. The molecule has 0 bridgehead atoms. The monoisotopic (exact) mass is 372 g/mol. The smallest absolute Gasteiger partial charge is 0.226 e. The van der Waals surface area contributed by atoms with Gasteiger partial charge in [0.05, 0.1) is 13.2 Å². The lowest BCUT2D eigenvalue weighted by Gasteiger charge is -2.39. The molecule has 144 valence electrons. The summed E-state index contributed by atoms with van der Waals surface area (Å²) in [6.07, 6.45) is 2.30. The summed E-state index contributed by atoms with van der Waals surface area (Å²) < 4.78 is 18.8. The Morgan fingerprint density at radius 1 is 1.22 bits per heavy atom. The molecule has 3 saturated heterocycles. The number of carbonyl (C=O) groups excluding carboxylic acids is 2. The van der Waals surface area contributed by atoms with Crippen LogP contribution < -0.4 is 0 Å². The third-order valence-corrected chi connectivity index (χ3v) is 7.04. The summed E-state index contributed by atoms with van der Waals surface area (Å²) in [6.45, 7) is 4.15. The summed E-state index contributed by atoms with van der Waals surface area (Å²) in [5.74, 6) is 1.25. The van der Waals surface area contributed by atoms with E-state index in [-0.39, 0.29) is 23.1 Å². The zero-order valence-corrected chi connectivity index (χ0v) is 15.4. The molecule has 3 aliphatic heterocycles. The van der Waals surface area contributed by atoms with Gasteiger partial charge in [-0.25, -0.2) is 4.39 Å². The Hall–Kier alpha value is -1.95. The maximum absolute atomic E-state index is 13.4. The van der Waals surface area contributed by atoms with Gasteiger partial charge in [0.2, 0.25) is 11.8 Å². The number of rotatable bonds is 3. The summed E-state index contributed by atoms with van der Waals surface area (Å²) in [7, 11) is 0. The molecule has 4 aliphatic rings. The number of amides is 2. The Kier molecular flexibility index (Phi) is 4.00. The molecule has 1 saturated carbocycles. The lowest BCUT2D eigenvalue weighted by atomic mass is 9.77. The second-order valence-corrected chi connectivity index (χ2v) is 8.77. The molecule has 27 heavy (non-hydrogen) atoms. The average molecular weight is 372 g/mol. The van der Waals surface area contributed by atoms with Crippen molar-refractivity contribution >= 4 is 11.8 Å². The van der Waals surface area contributed by atoms with Crippen molar-refractivity contribution in [3.8, 4) is 0 Å². The number of likely N-dealkylation sites (tertiary alicyclic amines) is 2. The van der Waals surface area contributed by atoms with Crippen LogP contribution in [0.2, 0.25) is 0 Å². The van der Waals surface area contributed by atoms with Crippen LogP contribution >= 0.6 is 0 Å². The minimum Gasteiger partial charge on any atom is -0.381 e. The SMILES string of the molecule is O=C1CC2(CCN(C(=O)C3[C@H]4COC[C@@H]34)CC2)CN1Cc1cccc(F)c1. The van der Waals surface area contributed by atoms with Crippen molar-refractivity contribution in [2.24, 2.45) is 23.2 Å². The molecule has 1 aromatic carbocycles. The summed E-state index contributed by atoms with van der Waals surface area (Å²) >= 11 is 0. The number of hydrogen-bond donors (Lipinski definition) is 0. The number of ether oxygens (including phenoxy) is 1. The van der Waals surface area contributed by atoms with Crippen LogP contribution in [-0.4, -0.2) is 54.5 Å². The van der Waals surface area contributed by atoms with Crippen LogP contribution in [0.5, 0.6) is 0 Å². The van der Waals surface area contributed by atoms with E-state index in [0.29, 0.717) is 37.3 Å². The molecule has 2 amide bonds. The van der Waals surface area contributed by atoms with Crippen molar-refractivity contribution in [3.05, 3.63) is 35.6 Å². The lowest BCUT2D eigenvalue weighted by Crippen LogP contribution is -2.45. The first-order valence-electron chi connectivity index (χ1n) is 9.93. The van der Waals surface area contributed by atoms with Crippen molar-refractivity contribution in [1.82, 2.24) is 9.80 Å². The molecule has 0 radical (unpaired) electrons. The number of carbonyl (C=O) groups is 2. The van der Waals surface area contributed by atoms with E-state index in [0.717, 1.165) is 44.7 Å². The lowest BCUT2D eigenvalue weighted by molar-refractivity contribution is -0.136. The number of hydrogen-bond acceptors (Lipinski definition) is 3. The molecule has 5 nitrogen and oxygen atoms in total. The largest absolute Gasteiger partial charge is 0.381 e. The van der Waals surface area contributed by atoms with Gasteiger partial charge < -0.3 is 14.5 Å². The Labute approximate surface area is 158 Å².